The molecule has 7 nitrogen and oxygen atoms in total. The predicted octanol–water partition coefficient (Wildman–Crippen LogP) is 2.23. The number of phenols is 1. The van der Waals surface area contributed by atoms with E-state index in [0.29, 0.717) is 16.8 Å². The minimum absolute atomic E-state index is 0.0221. The first kappa shape index (κ1) is 17.7. The topological polar surface area (TPSA) is 96.9 Å². The van der Waals surface area contributed by atoms with Gasteiger partial charge in [-0.15, -0.1) is 0 Å². The lowest BCUT2D eigenvalue weighted by atomic mass is 9.95. The molecular formula is C17H22N2O5. The van der Waals surface area contributed by atoms with Crippen molar-refractivity contribution in [1.29, 1.82) is 0 Å². The summed E-state index contributed by atoms with van der Waals surface area (Å²) in [6, 6.07) is 3.55. The van der Waals surface area contributed by atoms with Gasteiger partial charge >= 0.3 is 12.0 Å². The molecule has 1 aromatic carbocycles. The third-order valence-electron chi connectivity index (χ3n) is 3.57. The van der Waals surface area contributed by atoms with E-state index < -0.39 is 18.0 Å². The molecule has 0 saturated carbocycles. The highest BCUT2D eigenvalue weighted by atomic mass is 16.5. The maximum absolute atomic E-state index is 12.5. The van der Waals surface area contributed by atoms with Crippen LogP contribution in [0.3, 0.4) is 0 Å². The highest BCUT2D eigenvalue weighted by Crippen LogP contribution is 2.33. The van der Waals surface area contributed by atoms with Crippen LogP contribution in [0, 0.1) is 5.92 Å². The number of urea groups is 1. The lowest BCUT2D eigenvalue weighted by Gasteiger charge is -2.28. The van der Waals surface area contributed by atoms with Gasteiger partial charge in [0.2, 0.25) is 0 Å². The van der Waals surface area contributed by atoms with Crippen LogP contribution in [0.25, 0.3) is 0 Å². The normalized spacial score (nSPS) is 17.4. The Morgan fingerprint density at radius 3 is 2.71 bits per heavy atom. The number of nitrogens with one attached hydrogen (secondary N) is 2. The molecule has 0 saturated heterocycles. The number of allylic oxidation sites excluding steroid dienone is 1. The number of esters is 1. The molecule has 0 radical (unpaired) electrons. The molecule has 24 heavy (non-hydrogen) atoms. The highest BCUT2D eigenvalue weighted by Gasteiger charge is 2.32. The molecule has 1 aromatic rings. The van der Waals surface area contributed by atoms with Gasteiger partial charge in [0.1, 0.15) is 0 Å². The highest BCUT2D eigenvalue weighted by molar-refractivity contribution is 5.95. The van der Waals surface area contributed by atoms with E-state index in [2.05, 4.69) is 10.6 Å². The Morgan fingerprint density at radius 1 is 1.38 bits per heavy atom. The van der Waals surface area contributed by atoms with E-state index >= 15 is 0 Å². The molecule has 130 valence electrons. The molecule has 2 amide bonds. The molecule has 7 heteroatoms. The second kappa shape index (κ2) is 7.25. The molecule has 2 rings (SSSR count). The number of carbonyl (C=O) groups excluding carboxylic acids is 2. The number of carbonyl (C=O) groups is 2. The summed E-state index contributed by atoms with van der Waals surface area (Å²) in [7, 11) is 1.43. The summed E-state index contributed by atoms with van der Waals surface area (Å²) >= 11 is 0. The van der Waals surface area contributed by atoms with Crippen LogP contribution in [0.1, 0.15) is 32.4 Å². The van der Waals surface area contributed by atoms with E-state index in [1.54, 1.807) is 19.1 Å². The van der Waals surface area contributed by atoms with Crippen molar-refractivity contribution < 1.29 is 24.2 Å². The molecule has 1 heterocycles. The third-order valence-corrected chi connectivity index (χ3v) is 3.57. The van der Waals surface area contributed by atoms with Crippen molar-refractivity contribution in [3.8, 4) is 11.5 Å². The van der Waals surface area contributed by atoms with E-state index in [1.807, 2.05) is 13.8 Å². The van der Waals surface area contributed by atoms with Gasteiger partial charge in [0, 0.05) is 5.70 Å². The van der Waals surface area contributed by atoms with E-state index in [-0.39, 0.29) is 24.0 Å². The summed E-state index contributed by atoms with van der Waals surface area (Å²) in [5.74, 6) is -0.0575. The minimum atomic E-state index is -0.687. The van der Waals surface area contributed by atoms with Gasteiger partial charge in [0.25, 0.3) is 0 Å². The number of hydrogen-bond acceptors (Lipinski definition) is 5. The lowest BCUT2D eigenvalue weighted by Crippen LogP contribution is -2.45. The summed E-state index contributed by atoms with van der Waals surface area (Å²) in [6.07, 6.45) is 0. The summed E-state index contributed by atoms with van der Waals surface area (Å²) in [4.78, 5) is 24.3. The fourth-order valence-corrected chi connectivity index (χ4v) is 2.41. The van der Waals surface area contributed by atoms with E-state index in [9.17, 15) is 14.7 Å². The van der Waals surface area contributed by atoms with Gasteiger partial charge < -0.3 is 25.2 Å². The smallest absolute Gasteiger partial charge is 0.338 e. The molecule has 1 atom stereocenters. The molecule has 1 unspecified atom stereocenters. The van der Waals surface area contributed by atoms with Crippen molar-refractivity contribution in [2.24, 2.45) is 5.92 Å². The number of methoxy groups -OCH3 is 1. The Labute approximate surface area is 140 Å². The number of aromatic hydroxyl groups is 1. The van der Waals surface area contributed by atoms with Crippen molar-refractivity contribution in [2.75, 3.05) is 13.7 Å². The fraction of sp³-hybridized carbons (Fsp3) is 0.412. The Kier molecular flexibility index (Phi) is 5.33. The summed E-state index contributed by atoms with van der Waals surface area (Å²) in [5.41, 5.74) is 1.36. The van der Waals surface area contributed by atoms with Crippen LogP contribution in [0.15, 0.2) is 29.5 Å². The molecular weight excluding hydrogens is 312 g/mol. The number of rotatable bonds is 5. The van der Waals surface area contributed by atoms with Crippen molar-refractivity contribution >= 4 is 12.0 Å². The largest absolute Gasteiger partial charge is 0.504 e. The number of benzene rings is 1. The minimum Gasteiger partial charge on any atom is -0.504 e. The standard InChI is InChI=1S/C17H22N2O5/c1-9(2)8-24-16(21)14-10(3)18-17(22)19-15(14)11-5-6-12(20)13(7-11)23-4/h5-7,9,15,20H,8H2,1-4H3,(H2,18,19,22). The van der Waals surface area contributed by atoms with Gasteiger partial charge in [-0.1, -0.05) is 19.9 Å². The summed E-state index contributed by atoms with van der Waals surface area (Å²) in [5, 5.41) is 15.0. The number of hydrogen-bond donors (Lipinski definition) is 3. The molecule has 0 aromatic heterocycles. The van der Waals surface area contributed by atoms with Crippen molar-refractivity contribution in [2.45, 2.75) is 26.8 Å². The van der Waals surface area contributed by atoms with E-state index in [1.165, 1.54) is 13.2 Å². The van der Waals surface area contributed by atoms with Crippen LogP contribution >= 0.6 is 0 Å². The zero-order chi connectivity index (χ0) is 17.9. The Balaban J connectivity index is 2.39. The fourth-order valence-electron chi connectivity index (χ4n) is 2.41. The lowest BCUT2D eigenvalue weighted by molar-refractivity contribution is -0.140. The average Bonchev–Trinajstić information content (AvgIpc) is 2.52. The molecule has 1 aliphatic heterocycles. The molecule has 0 spiro atoms. The van der Waals surface area contributed by atoms with Crippen LogP contribution in [0.5, 0.6) is 11.5 Å². The SMILES string of the molecule is COc1cc(C2NC(=O)NC(C)=C2C(=O)OCC(C)C)ccc1O. The maximum Gasteiger partial charge on any atom is 0.338 e. The first-order chi connectivity index (χ1) is 11.3. The molecule has 0 fully saturated rings. The summed E-state index contributed by atoms with van der Waals surface area (Å²) < 4.78 is 10.4. The molecule has 0 aliphatic carbocycles. The van der Waals surface area contributed by atoms with Crippen molar-refractivity contribution in [1.82, 2.24) is 10.6 Å². The van der Waals surface area contributed by atoms with Crippen LogP contribution in [-0.4, -0.2) is 30.8 Å². The second-order valence-corrected chi connectivity index (χ2v) is 5.99. The Bertz CT molecular complexity index is 682. The molecule has 0 bridgehead atoms. The first-order valence-electron chi connectivity index (χ1n) is 7.65. The maximum atomic E-state index is 12.5. The number of amides is 2. The second-order valence-electron chi connectivity index (χ2n) is 5.99. The van der Waals surface area contributed by atoms with Gasteiger partial charge in [-0.25, -0.2) is 9.59 Å². The van der Waals surface area contributed by atoms with Crippen LogP contribution in [0.4, 0.5) is 4.79 Å². The zero-order valence-corrected chi connectivity index (χ0v) is 14.2. The monoisotopic (exact) mass is 334 g/mol. The Morgan fingerprint density at radius 2 is 2.08 bits per heavy atom. The van der Waals surface area contributed by atoms with Gasteiger partial charge in [0.15, 0.2) is 11.5 Å². The van der Waals surface area contributed by atoms with Gasteiger partial charge in [-0.2, -0.15) is 0 Å². The zero-order valence-electron chi connectivity index (χ0n) is 14.2. The van der Waals surface area contributed by atoms with Gasteiger partial charge in [-0.05, 0) is 30.5 Å². The third kappa shape index (κ3) is 3.79. The van der Waals surface area contributed by atoms with Crippen molar-refractivity contribution in [3.05, 3.63) is 35.0 Å². The van der Waals surface area contributed by atoms with E-state index in [4.69, 9.17) is 9.47 Å². The number of phenolic OH excluding ortho intramolecular Hbond substituents is 1. The van der Waals surface area contributed by atoms with Crippen LogP contribution in [-0.2, 0) is 9.53 Å². The van der Waals surface area contributed by atoms with Crippen LogP contribution < -0.4 is 15.4 Å². The van der Waals surface area contributed by atoms with Crippen LogP contribution in [0.2, 0.25) is 0 Å². The molecule has 1 aliphatic rings. The van der Waals surface area contributed by atoms with E-state index in [0.717, 1.165) is 0 Å². The van der Waals surface area contributed by atoms with Crippen molar-refractivity contribution in [3.63, 3.8) is 0 Å². The summed E-state index contributed by atoms with van der Waals surface area (Å²) in [6.45, 7) is 5.82. The Hall–Kier alpha value is -2.70. The molecule has 3 N–H and O–H groups in total. The first-order valence-corrected chi connectivity index (χ1v) is 7.65. The van der Waals surface area contributed by atoms with Gasteiger partial charge in [0.05, 0.1) is 25.3 Å². The number of ether oxygens (including phenoxy) is 2. The average molecular weight is 334 g/mol. The predicted molar refractivity (Wildman–Crippen MR) is 87.6 cm³/mol. The van der Waals surface area contributed by atoms with Gasteiger partial charge in [-0.3, -0.25) is 0 Å². The quantitative estimate of drug-likeness (QED) is 0.718.